The highest BCUT2D eigenvalue weighted by Gasteiger charge is 2.24. The van der Waals surface area contributed by atoms with E-state index in [2.05, 4.69) is 21.2 Å². The first-order chi connectivity index (χ1) is 10.1. The predicted octanol–water partition coefficient (Wildman–Crippen LogP) is 2.39. The van der Waals surface area contributed by atoms with Crippen LogP contribution >= 0.6 is 15.9 Å². The number of nitrogen functional groups attached to an aromatic ring is 1. The summed E-state index contributed by atoms with van der Waals surface area (Å²) in [6.45, 7) is 4.76. The third-order valence-electron chi connectivity index (χ3n) is 2.41. The number of carbonyl (C=O) groups is 2. The van der Waals surface area contributed by atoms with Crippen LogP contribution in [0.4, 0.5) is 10.5 Å². The molecule has 8 heteroatoms. The van der Waals surface area contributed by atoms with Crippen molar-refractivity contribution in [3.63, 3.8) is 0 Å². The maximum atomic E-state index is 11.6. The van der Waals surface area contributed by atoms with Crippen molar-refractivity contribution >= 4 is 33.7 Å². The summed E-state index contributed by atoms with van der Waals surface area (Å²) in [5.41, 5.74) is 5.43. The van der Waals surface area contributed by atoms with E-state index in [1.54, 1.807) is 39.0 Å². The van der Waals surface area contributed by atoms with Crippen LogP contribution < -0.4 is 15.8 Å². The normalized spacial score (nSPS) is 12.4. The molecule has 122 valence electrons. The second kappa shape index (κ2) is 7.35. The number of anilines is 1. The fourth-order valence-electron chi connectivity index (χ4n) is 1.44. The van der Waals surface area contributed by atoms with E-state index in [4.69, 9.17) is 20.3 Å². The van der Waals surface area contributed by atoms with E-state index in [-0.39, 0.29) is 6.61 Å². The molecule has 1 aromatic rings. The molecule has 1 rings (SSSR count). The molecule has 0 aromatic heterocycles. The Bertz CT molecular complexity index is 557. The third kappa shape index (κ3) is 5.80. The molecule has 4 N–H and O–H groups in total. The number of rotatable bonds is 5. The molecule has 0 saturated carbocycles. The Kier molecular flexibility index (Phi) is 6.04. The fraction of sp³-hybridized carbons (Fsp3) is 0.429. The Morgan fingerprint density at radius 2 is 2.05 bits per heavy atom. The first-order valence-electron chi connectivity index (χ1n) is 6.49. The molecule has 1 aromatic carbocycles. The van der Waals surface area contributed by atoms with Gasteiger partial charge in [0.15, 0.2) is 6.04 Å². The first kappa shape index (κ1) is 18.1. The summed E-state index contributed by atoms with van der Waals surface area (Å²) >= 11 is 3.24. The van der Waals surface area contributed by atoms with Crippen LogP contribution in [0.1, 0.15) is 20.8 Å². The lowest BCUT2D eigenvalue weighted by Crippen LogP contribution is -2.46. The smallest absolute Gasteiger partial charge is 0.408 e. The zero-order valence-corrected chi connectivity index (χ0v) is 14.1. The summed E-state index contributed by atoms with van der Waals surface area (Å²) in [4.78, 5) is 22.8. The van der Waals surface area contributed by atoms with E-state index in [0.29, 0.717) is 15.9 Å². The second-order valence-corrected chi connectivity index (χ2v) is 6.35. The minimum Gasteiger partial charge on any atom is -0.489 e. The Morgan fingerprint density at radius 1 is 1.41 bits per heavy atom. The number of aliphatic carboxylic acids is 1. The standard InChI is InChI=1S/C14H19BrN2O5/c1-14(2,3)22-13(20)17-9(12(18)19)7-21-10-6-4-5-8(15)11(10)16/h4-6,9H,7,16H2,1-3H3,(H,17,20)(H,18,19)/t9-/m0/s1. The van der Waals surface area contributed by atoms with Crippen molar-refractivity contribution in [3.8, 4) is 5.75 Å². The van der Waals surface area contributed by atoms with Gasteiger partial charge in [-0.25, -0.2) is 9.59 Å². The lowest BCUT2D eigenvalue weighted by Gasteiger charge is -2.22. The van der Waals surface area contributed by atoms with E-state index >= 15 is 0 Å². The van der Waals surface area contributed by atoms with E-state index in [1.807, 2.05) is 0 Å². The zero-order chi connectivity index (χ0) is 16.9. The highest BCUT2D eigenvalue weighted by molar-refractivity contribution is 9.10. The number of halogens is 1. The molecule has 22 heavy (non-hydrogen) atoms. The highest BCUT2D eigenvalue weighted by atomic mass is 79.9. The van der Waals surface area contributed by atoms with Crippen molar-refractivity contribution in [3.05, 3.63) is 22.7 Å². The van der Waals surface area contributed by atoms with Crippen molar-refractivity contribution in [2.45, 2.75) is 32.4 Å². The van der Waals surface area contributed by atoms with Crippen molar-refractivity contribution in [2.24, 2.45) is 0 Å². The molecule has 1 atom stereocenters. The number of alkyl carbamates (subject to hydrolysis) is 1. The molecule has 0 unspecified atom stereocenters. The van der Waals surface area contributed by atoms with Gasteiger partial charge in [0.1, 0.15) is 18.0 Å². The summed E-state index contributed by atoms with van der Waals surface area (Å²) in [5, 5.41) is 11.4. The summed E-state index contributed by atoms with van der Waals surface area (Å²) in [6, 6.07) is 3.78. The molecule has 0 heterocycles. The van der Waals surface area contributed by atoms with Crippen LogP contribution in [0.2, 0.25) is 0 Å². The van der Waals surface area contributed by atoms with Gasteiger partial charge >= 0.3 is 12.1 Å². The van der Waals surface area contributed by atoms with E-state index < -0.39 is 23.7 Å². The number of ether oxygens (including phenoxy) is 2. The largest absolute Gasteiger partial charge is 0.489 e. The lowest BCUT2D eigenvalue weighted by atomic mass is 10.2. The van der Waals surface area contributed by atoms with E-state index in [9.17, 15) is 9.59 Å². The van der Waals surface area contributed by atoms with Crippen LogP contribution in [0, 0.1) is 0 Å². The molecule has 0 fully saturated rings. The minimum absolute atomic E-state index is 0.283. The Hall–Kier alpha value is -1.96. The second-order valence-electron chi connectivity index (χ2n) is 5.50. The molecule has 0 aliphatic rings. The van der Waals surface area contributed by atoms with Gasteiger partial charge in [-0.3, -0.25) is 0 Å². The molecule has 0 spiro atoms. The quantitative estimate of drug-likeness (QED) is 0.682. The molecule has 0 saturated heterocycles. The number of amides is 1. The molecule has 7 nitrogen and oxygen atoms in total. The summed E-state index contributed by atoms with van der Waals surface area (Å²) in [5.74, 6) is -0.911. The Balaban J connectivity index is 2.67. The SMILES string of the molecule is CC(C)(C)OC(=O)N[C@@H](COc1cccc(Br)c1N)C(=O)O. The summed E-state index contributed by atoms with van der Waals surface area (Å²) < 4.78 is 11.0. The molecule has 1 amide bonds. The molecular weight excluding hydrogens is 356 g/mol. The van der Waals surface area contributed by atoms with Crippen molar-refractivity contribution in [1.82, 2.24) is 5.32 Å². The highest BCUT2D eigenvalue weighted by Crippen LogP contribution is 2.29. The van der Waals surface area contributed by atoms with Gasteiger partial charge in [-0.05, 0) is 48.8 Å². The number of hydrogen-bond donors (Lipinski definition) is 3. The van der Waals surface area contributed by atoms with Crippen LogP contribution in [0.25, 0.3) is 0 Å². The van der Waals surface area contributed by atoms with Crippen molar-refractivity contribution in [2.75, 3.05) is 12.3 Å². The van der Waals surface area contributed by atoms with Crippen molar-refractivity contribution < 1.29 is 24.2 Å². The van der Waals surface area contributed by atoms with Gasteiger partial charge in [0, 0.05) is 4.47 Å². The molecule has 0 radical (unpaired) electrons. The maximum absolute atomic E-state index is 11.6. The number of nitrogens with one attached hydrogen (secondary N) is 1. The summed E-state index contributed by atoms with van der Waals surface area (Å²) in [6.07, 6.45) is -0.828. The monoisotopic (exact) mass is 374 g/mol. The fourth-order valence-corrected chi connectivity index (χ4v) is 1.79. The minimum atomic E-state index is -1.26. The number of para-hydroxylation sites is 1. The van der Waals surface area contributed by atoms with Crippen LogP contribution in [0.15, 0.2) is 22.7 Å². The molecule has 0 aliphatic carbocycles. The zero-order valence-electron chi connectivity index (χ0n) is 12.6. The van der Waals surface area contributed by atoms with Crippen LogP contribution in [0.5, 0.6) is 5.75 Å². The summed E-state index contributed by atoms with van der Waals surface area (Å²) in [7, 11) is 0. The molecular formula is C14H19BrN2O5. The van der Waals surface area contributed by atoms with Crippen LogP contribution in [0.3, 0.4) is 0 Å². The number of carboxylic acid groups (broad SMARTS) is 1. The van der Waals surface area contributed by atoms with Gasteiger partial charge in [-0.1, -0.05) is 6.07 Å². The predicted molar refractivity (Wildman–Crippen MR) is 84.8 cm³/mol. The molecule has 0 bridgehead atoms. The number of hydrogen-bond acceptors (Lipinski definition) is 5. The molecule has 0 aliphatic heterocycles. The van der Waals surface area contributed by atoms with Gasteiger partial charge in [0.05, 0.1) is 5.69 Å². The Labute approximate surface area is 136 Å². The van der Waals surface area contributed by atoms with Gasteiger partial charge in [-0.2, -0.15) is 0 Å². The van der Waals surface area contributed by atoms with E-state index in [1.165, 1.54) is 0 Å². The number of benzene rings is 1. The average Bonchev–Trinajstić information content (AvgIpc) is 2.36. The topological polar surface area (TPSA) is 111 Å². The Morgan fingerprint density at radius 3 is 2.59 bits per heavy atom. The lowest BCUT2D eigenvalue weighted by molar-refractivity contribution is -0.140. The maximum Gasteiger partial charge on any atom is 0.408 e. The van der Waals surface area contributed by atoms with Gasteiger partial charge in [-0.15, -0.1) is 0 Å². The number of nitrogens with two attached hydrogens (primary N) is 1. The van der Waals surface area contributed by atoms with Crippen LogP contribution in [-0.2, 0) is 9.53 Å². The number of carbonyl (C=O) groups excluding carboxylic acids is 1. The average molecular weight is 375 g/mol. The van der Waals surface area contributed by atoms with Gasteiger partial charge < -0.3 is 25.6 Å². The number of carboxylic acids is 1. The van der Waals surface area contributed by atoms with E-state index in [0.717, 1.165) is 0 Å². The van der Waals surface area contributed by atoms with Crippen molar-refractivity contribution in [1.29, 1.82) is 0 Å². The van der Waals surface area contributed by atoms with Crippen LogP contribution in [-0.4, -0.2) is 35.4 Å². The van der Waals surface area contributed by atoms with Gasteiger partial charge in [0.2, 0.25) is 0 Å². The van der Waals surface area contributed by atoms with Gasteiger partial charge in [0.25, 0.3) is 0 Å². The first-order valence-corrected chi connectivity index (χ1v) is 7.28. The third-order valence-corrected chi connectivity index (χ3v) is 3.10.